The van der Waals surface area contributed by atoms with Crippen LogP contribution in [0.5, 0.6) is 0 Å². The van der Waals surface area contributed by atoms with Gasteiger partial charge in [0, 0.05) is 123 Å². The van der Waals surface area contributed by atoms with Gasteiger partial charge in [0.25, 0.3) is 17.7 Å². The first-order valence-electron chi connectivity index (χ1n) is 36.0. The van der Waals surface area contributed by atoms with E-state index in [1.165, 1.54) is 87.0 Å². The SMILES string of the molecule is CC(=O)CC(=O)c1cccc(C(=O)N(C)C)n1.CC(=O)c1cccc(C(=O)N(C)C)n1.CC(=O)c1ccccn1.CCO.CCOC(=O)C(F)(F)F.CCOC(=O)CC(=O)c1ccccn1.CCOC(=O)c1ccccn1.CCOC(C)=O.CN.C[O-].C[O-].Cc1cc(-c2cccc(C(=O)N(C)C)n2)n(C)n1.O=C(O)c1ccccn1.O=S(Cl)Cl.[2H]CF.[Na+].[Na+]. The van der Waals surface area contributed by atoms with Gasteiger partial charge >= 0.3 is 95.1 Å². The van der Waals surface area contributed by atoms with Gasteiger partial charge in [-0.1, -0.05) is 42.5 Å². The number of rotatable bonds is 18. The first-order chi connectivity index (χ1) is 57.9. The third kappa shape index (κ3) is 68.1. The van der Waals surface area contributed by atoms with Crippen LogP contribution in [0.25, 0.3) is 11.4 Å². The summed E-state index contributed by atoms with van der Waals surface area (Å²) in [6.07, 6.45) is 0.846. The van der Waals surface area contributed by atoms with Gasteiger partial charge in [-0.05, 0) is 147 Å². The number of pyridine rings is 7. The number of esters is 4. The number of aromatic nitrogens is 9. The van der Waals surface area contributed by atoms with Crippen LogP contribution in [0.15, 0.2) is 158 Å². The molecular formula is C80H107Cl2F4N13Na2O22S. The van der Waals surface area contributed by atoms with Gasteiger partial charge in [0.15, 0.2) is 23.1 Å². The number of nitrogens with zero attached hydrogens (tertiary/aromatic N) is 12. The van der Waals surface area contributed by atoms with Crippen LogP contribution < -0.4 is 75.1 Å². The van der Waals surface area contributed by atoms with E-state index in [2.05, 4.69) is 81.3 Å². The van der Waals surface area contributed by atoms with E-state index >= 15 is 0 Å². The molecule has 4 N–H and O–H groups in total. The van der Waals surface area contributed by atoms with Crippen LogP contribution in [0.2, 0.25) is 0 Å². The molecule has 0 aliphatic rings. The monoisotopic (exact) mass is 1830 g/mol. The third-order valence-corrected chi connectivity index (χ3v) is 11.9. The van der Waals surface area contributed by atoms with Crippen molar-refractivity contribution in [3.05, 3.63) is 215 Å². The van der Waals surface area contributed by atoms with Crippen LogP contribution in [0.4, 0.5) is 17.6 Å². The Balaban J connectivity index is -0.000000171. The Bertz CT molecular complexity index is 4330. The second-order valence-electron chi connectivity index (χ2n) is 22.0. The zero-order chi connectivity index (χ0) is 96.3. The molecule has 8 rings (SSSR count). The minimum absolute atomic E-state index is 0. The number of aryl methyl sites for hydroxylation is 2. The standard InChI is InChI=1S/C13H16N4O.C12H14N2O3.C10H12N2O2.C10H11NO3.C8H9NO2.C7H7NO.C6H5NO2.C4H5F3O2.C4H8O2.C2H6O.CH3F.CH5N.2CH3O.Cl2OS.2Na/c1-9-8-12(17(4)15-9)10-6-5-7-11(14-10)13(18)16(2)3;1-8(15)7-11(16)9-5-4-6-10(13-9)12(17)14(2)3;1-7(13)8-5-4-6-9(11-8)10(14)12(2)3;1-2-14-10(13)7-9(12)8-5-3-4-6-11-8;1-2-11-8(10)7-5-3-4-6-9-7;1-6(9)7-4-2-3-5-8-7;8-6(9)5-3-1-2-4-7-5;1-2-9-3(8)4(5,6)7;1-3-6-4(2)5;1-2-3;4*1-2;1-4(2)3;;/h5-8H,1-4H3;4-6H,7H2,1-3H3;4-6H,1-3H3;3-6H,2,7H2,1H3;3-6H,2H2,1H3;2-5H,1H3;1-4H,(H,8,9);2H2,1H3;3H2,1-2H3;3H,2H2,1H3;1H3;2H2,1H3;2*1H3;;;/q;;;;;;;;;;;;2*-1;;2*+1/i;;;;;;;;;;1D;;;;;;. The van der Waals surface area contributed by atoms with Crippen LogP contribution in [0.3, 0.4) is 0 Å². The number of Topliss-reactive ketones (excluding diaryl/α,β-unsaturated/α-hetero) is 5. The number of alkyl halides is 4. The molecule has 674 valence electrons. The summed E-state index contributed by atoms with van der Waals surface area (Å²) in [5.41, 5.74) is 9.74. The van der Waals surface area contributed by atoms with E-state index in [0.717, 1.165) is 31.3 Å². The fourth-order valence-corrected chi connectivity index (χ4v) is 7.14. The topological polar surface area (TPSA) is 506 Å². The van der Waals surface area contributed by atoms with E-state index in [-0.39, 0.29) is 167 Å². The molecule has 8 aromatic heterocycles. The Morgan fingerprint density at radius 3 is 1.11 bits per heavy atom. The molecule has 0 unspecified atom stereocenters. The van der Waals surface area contributed by atoms with Gasteiger partial charge < -0.3 is 59.8 Å². The maximum Gasteiger partial charge on any atom is 1.00 e. The Kier molecular flexibility index (Phi) is 85.7. The summed E-state index contributed by atoms with van der Waals surface area (Å²) in [4.78, 5) is 174. The van der Waals surface area contributed by atoms with Crippen molar-refractivity contribution in [1.82, 2.24) is 59.4 Å². The van der Waals surface area contributed by atoms with Crippen LogP contribution in [0.1, 0.15) is 177 Å². The quantitative estimate of drug-likeness (QED) is 0.0211. The number of halogens is 6. The number of carbonyl (C=O) groups excluding carboxylic acids is 12. The molecule has 0 fully saturated rings. The van der Waals surface area contributed by atoms with Crippen LogP contribution in [-0.2, 0) is 54.4 Å². The number of carbonyl (C=O) groups is 13. The largest absolute Gasteiger partial charge is 1.00 e. The summed E-state index contributed by atoms with van der Waals surface area (Å²) in [5.74, 6) is -5.83. The molecule has 8 heterocycles. The maximum absolute atomic E-state index is 11.9. The van der Waals surface area contributed by atoms with Crippen molar-refractivity contribution in [3.63, 3.8) is 0 Å². The minimum Gasteiger partial charge on any atom is -0.857 e. The molecule has 0 aliphatic carbocycles. The van der Waals surface area contributed by atoms with Gasteiger partial charge in [0.2, 0.25) is 9.23 Å². The summed E-state index contributed by atoms with van der Waals surface area (Å²) in [6, 6.07) is 37.0. The van der Waals surface area contributed by atoms with Crippen molar-refractivity contribution in [1.29, 1.82) is 0 Å². The van der Waals surface area contributed by atoms with Gasteiger partial charge in [-0.2, -0.15) is 32.5 Å². The normalized spacial score (nSPS) is 9.04. The number of aromatic carboxylic acids is 1. The van der Waals surface area contributed by atoms with Gasteiger partial charge in [-0.25, -0.2) is 43.5 Å². The molecule has 0 radical (unpaired) electrons. The number of hydrogen-bond donors (Lipinski definition) is 3. The molecule has 0 spiro atoms. The number of amides is 3. The molecule has 0 aliphatic heterocycles. The average molecular weight is 1830 g/mol. The molecule has 0 bridgehead atoms. The van der Waals surface area contributed by atoms with Crippen molar-refractivity contribution in [3.8, 4) is 11.4 Å². The first-order valence-corrected chi connectivity index (χ1v) is 38.1. The molecule has 0 aromatic carbocycles. The predicted octanol–water partition coefficient (Wildman–Crippen LogP) is 2.81. The fourth-order valence-electron chi connectivity index (χ4n) is 7.14. The van der Waals surface area contributed by atoms with E-state index in [1.54, 1.807) is 184 Å². The maximum atomic E-state index is 11.9. The minimum atomic E-state index is -4.85. The zero-order valence-corrected chi connectivity index (χ0v) is 79.7. The smallest absolute Gasteiger partial charge is 0.857 e. The molecule has 3 amide bonds. The second-order valence-corrected chi connectivity index (χ2v) is 24.5. The van der Waals surface area contributed by atoms with Crippen LogP contribution >= 0.6 is 21.4 Å². The van der Waals surface area contributed by atoms with E-state index in [4.69, 9.17) is 30.7 Å². The molecule has 0 saturated carbocycles. The molecule has 124 heavy (non-hydrogen) atoms. The van der Waals surface area contributed by atoms with Crippen molar-refractivity contribution in [2.24, 2.45) is 12.8 Å². The second kappa shape index (κ2) is 82.3. The number of carboxylic acids is 1. The summed E-state index contributed by atoms with van der Waals surface area (Å²) in [5, 5.41) is 36.7. The van der Waals surface area contributed by atoms with Gasteiger partial charge in [-0.3, -0.25) is 67.0 Å². The van der Waals surface area contributed by atoms with Crippen molar-refractivity contribution < 1.29 is 184 Å². The predicted molar refractivity (Wildman–Crippen MR) is 445 cm³/mol. The van der Waals surface area contributed by atoms with Crippen molar-refractivity contribution in [2.75, 3.05) is 104 Å². The average Bonchev–Trinajstić information content (AvgIpc) is 1.81. The van der Waals surface area contributed by atoms with Gasteiger partial charge in [0.1, 0.15) is 63.4 Å². The number of ketones is 5. The van der Waals surface area contributed by atoms with E-state index < -0.39 is 40.5 Å². The number of hydrogen-bond acceptors (Lipinski definition) is 30. The van der Waals surface area contributed by atoms with Crippen LogP contribution in [-0.4, -0.2) is 260 Å². The van der Waals surface area contributed by atoms with E-state index in [9.17, 15) is 79.9 Å². The van der Waals surface area contributed by atoms with Crippen molar-refractivity contribution in [2.45, 2.75) is 88.3 Å². The molecule has 0 atom stereocenters. The molecule has 44 heteroatoms. The fraction of sp³-hybridized carbons (Fsp3) is 0.362. The summed E-state index contributed by atoms with van der Waals surface area (Å²) in [6.45, 7) is 17.0. The number of aliphatic hydroxyl groups excluding tert-OH is 1. The zero-order valence-electron chi connectivity index (χ0n) is 74.3. The number of aliphatic hydroxyl groups is 1. The number of carboxylic acid groups (broad SMARTS) is 1. The summed E-state index contributed by atoms with van der Waals surface area (Å²) in [7, 11) is 21.1. The van der Waals surface area contributed by atoms with Crippen molar-refractivity contribution >= 4 is 107 Å². The molecule has 35 nitrogen and oxygen atoms in total. The van der Waals surface area contributed by atoms with E-state index in [0.29, 0.717) is 47.4 Å². The molecule has 8 aromatic rings. The summed E-state index contributed by atoms with van der Waals surface area (Å²) < 4.78 is 77.3. The Morgan fingerprint density at radius 2 is 0.831 bits per heavy atom. The number of nitrogens with two attached hydrogens (primary N) is 1. The Labute approximate surface area is 776 Å². The Morgan fingerprint density at radius 1 is 0.508 bits per heavy atom. The van der Waals surface area contributed by atoms with Crippen LogP contribution in [0, 0.1) is 6.92 Å². The van der Waals surface area contributed by atoms with Gasteiger partial charge in [-0.15, -0.1) is 0 Å². The number of ether oxygens (including phenoxy) is 4. The summed E-state index contributed by atoms with van der Waals surface area (Å²) >= 11 is 0. The Hall–Kier alpha value is -10.3. The third-order valence-electron chi connectivity index (χ3n) is 11.9. The molecular weight excluding hydrogens is 1720 g/mol. The van der Waals surface area contributed by atoms with E-state index in [1.807, 2.05) is 32.2 Å². The van der Waals surface area contributed by atoms with Gasteiger partial charge in [0.05, 0.1) is 58.5 Å². The molecule has 0 saturated heterocycles. The first kappa shape index (κ1) is 129.